The molecule has 0 fully saturated rings. The predicted molar refractivity (Wildman–Crippen MR) is 61.5 cm³/mol. The molecule has 0 unspecified atom stereocenters. The van der Waals surface area contributed by atoms with Gasteiger partial charge in [0, 0.05) is 12.0 Å². The van der Waals surface area contributed by atoms with Crippen molar-refractivity contribution in [3.05, 3.63) is 46.5 Å². The molecule has 0 aromatic heterocycles. The van der Waals surface area contributed by atoms with E-state index in [1.165, 1.54) is 27.5 Å². The first-order valence-corrected chi connectivity index (χ1v) is 5.23. The third-order valence-corrected chi connectivity index (χ3v) is 3.32. The van der Waals surface area contributed by atoms with Crippen molar-refractivity contribution in [2.45, 2.75) is 20.3 Å². The van der Waals surface area contributed by atoms with Crippen LogP contribution in [0.4, 0.5) is 0 Å². The monoisotopic (exact) mass is 196 g/mol. The molecule has 0 heterocycles. The minimum Gasteiger partial charge on any atom is -0.294 e. The van der Waals surface area contributed by atoms with Gasteiger partial charge in [0.05, 0.1) is 0 Å². The third kappa shape index (κ3) is 1.01. The molecule has 1 aliphatic rings. The fraction of sp³-hybridized carbons (Fsp3) is 0.214. The molecular weight excluding hydrogens is 184 g/mol. The number of aryl methyl sites for hydroxylation is 2. The van der Waals surface area contributed by atoms with Crippen LogP contribution in [0.3, 0.4) is 0 Å². The van der Waals surface area contributed by atoms with Crippen LogP contribution in [0.15, 0.2) is 24.3 Å². The van der Waals surface area contributed by atoms with Crippen LogP contribution in [0, 0.1) is 13.8 Å². The molecule has 1 nitrogen and oxygen atoms in total. The quantitative estimate of drug-likeness (QED) is 0.632. The Balaban J connectivity index is 2.61. The van der Waals surface area contributed by atoms with E-state index in [-0.39, 0.29) is 5.78 Å². The molecule has 0 saturated carbocycles. The van der Waals surface area contributed by atoms with E-state index in [0.717, 1.165) is 5.56 Å². The van der Waals surface area contributed by atoms with Crippen LogP contribution >= 0.6 is 0 Å². The molecule has 15 heavy (non-hydrogen) atoms. The molecular formula is C14H12O. The molecule has 2 aromatic rings. The fourth-order valence-corrected chi connectivity index (χ4v) is 2.59. The van der Waals surface area contributed by atoms with Crippen LogP contribution in [0.25, 0.3) is 10.8 Å². The summed E-state index contributed by atoms with van der Waals surface area (Å²) in [6.45, 7) is 4.22. The van der Waals surface area contributed by atoms with Gasteiger partial charge in [-0.3, -0.25) is 4.79 Å². The topological polar surface area (TPSA) is 17.1 Å². The van der Waals surface area contributed by atoms with Crippen molar-refractivity contribution < 1.29 is 4.79 Å². The molecule has 0 saturated heterocycles. The molecule has 1 heteroatoms. The van der Waals surface area contributed by atoms with E-state index >= 15 is 0 Å². The zero-order valence-corrected chi connectivity index (χ0v) is 8.92. The summed E-state index contributed by atoms with van der Waals surface area (Å²) in [7, 11) is 0. The van der Waals surface area contributed by atoms with Gasteiger partial charge in [-0.05, 0) is 41.3 Å². The van der Waals surface area contributed by atoms with Crippen molar-refractivity contribution in [3.63, 3.8) is 0 Å². The van der Waals surface area contributed by atoms with E-state index in [1.54, 1.807) is 0 Å². The summed E-state index contributed by atoms with van der Waals surface area (Å²) >= 11 is 0. The number of ketones is 1. The average molecular weight is 196 g/mol. The zero-order valence-electron chi connectivity index (χ0n) is 8.92. The summed E-state index contributed by atoms with van der Waals surface area (Å²) in [4.78, 5) is 11.8. The largest absolute Gasteiger partial charge is 0.294 e. The highest BCUT2D eigenvalue weighted by Crippen LogP contribution is 2.34. The van der Waals surface area contributed by atoms with Crippen molar-refractivity contribution in [3.8, 4) is 0 Å². The SMILES string of the molecule is Cc1ccc2c3c(ccc(C)c13)C(=O)C2. The molecule has 0 aliphatic heterocycles. The van der Waals surface area contributed by atoms with E-state index in [0.29, 0.717) is 6.42 Å². The lowest BCUT2D eigenvalue weighted by Crippen LogP contribution is -1.93. The van der Waals surface area contributed by atoms with Gasteiger partial charge in [0.2, 0.25) is 0 Å². The Morgan fingerprint density at radius 2 is 1.60 bits per heavy atom. The minimum atomic E-state index is 0.264. The maximum Gasteiger partial charge on any atom is 0.167 e. The van der Waals surface area contributed by atoms with Crippen molar-refractivity contribution in [2.24, 2.45) is 0 Å². The van der Waals surface area contributed by atoms with E-state index in [9.17, 15) is 4.79 Å². The maximum atomic E-state index is 11.8. The standard InChI is InChI=1S/C14H12O/c1-8-3-5-10-7-12(15)11-6-4-9(2)13(8)14(10)11/h3-6H,7H2,1-2H3. The molecule has 1 aliphatic carbocycles. The Kier molecular flexibility index (Phi) is 1.55. The van der Waals surface area contributed by atoms with Crippen molar-refractivity contribution >= 4 is 16.6 Å². The molecule has 0 bridgehead atoms. The first-order chi connectivity index (χ1) is 7.18. The van der Waals surface area contributed by atoms with Gasteiger partial charge in [0.25, 0.3) is 0 Å². The van der Waals surface area contributed by atoms with E-state index < -0.39 is 0 Å². The van der Waals surface area contributed by atoms with E-state index in [4.69, 9.17) is 0 Å². The van der Waals surface area contributed by atoms with Gasteiger partial charge >= 0.3 is 0 Å². The number of Topliss-reactive ketones (excluding diaryl/α,β-unsaturated/α-hetero) is 1. The van der Waals surface area contributed by atoms with Crippen LogP contribution in [0.1, 0.15) is 27.0 Å². The van der Waals surface area contributed by atoms with Gasteiger partial charge in [-0.25, -0.2) is 0 Å². The molecule has 0 spiro atoms. The Hall–Kier alpha value is -1.63. The fourth-order valence-electron chi connectivity index (χ4n) is 2.59. The second-order valence-electron chi connectivity index (χ2n) is 4.32. The Morgan fingerprint density at radius 1 is 0.933 bits per heavy atom. The smallest absolute Gasteiger partial charge is 0.167 e. The van der Waals surface area contributed by atoms with Crippen LogP contribution in [-0.4, -0.2) is 5.78 Å². The minimum absolute atomic E-state index is 0.264. The van der Waals surface area contributed by atoms with Gasteiger partial charge in [-0.1, -0.05) is 24.3 Å². The summed E-state index contributed by atoms with van der Waals surface area (Å²) in [5.74, 6) is 0.264. The lowest BCUT2D eigenvalue weighted by Gasteiger charge is -2.07. The second kappa shape index (κ2) is 2.69. The first-order valence-electron chi connectivity index (χ1n) is 5.23. The number of hydrogen-bond acceptors (Lipinski definition) is 1. The summed E-state index contributed by atoms with van der Waals surface area (Å²) in [5, 5.41) is 2.47. The lowest BCUT2D eigenvalue weighted by molar-refractivity contribution is 0.1000. The lowest BCUT2D eigenvalue weighted by atomic mass is 9.97. The molecule has 2 aromatic carbocycles. The second-order valence-corrected chi connectivity index (χ2v) is 4.32. The number of benzene rings is 2. The van der Waals surface area contributed by atoms with Crippen LogP contribution in [0.5, 0.6) is 0 Å². The summed E-state index contributed by atoms with van der Waals surface area (Å²) in [5.41, 5.74) is 4.64. The van der Waals surface area contributed by atoms with Gasteiger partial charge in [-0.15, -0.1) is 0 Å². The Bertz CT molecular complexity index is 586. The van der Waals surface area contributed by atoms with Gasteiger partial charge in [0.1, 0.15) is 0 Å². The summed E-state index contributed by atoms with van der Waals surface area (Å²) in [6.07, 6.45) is 0.579. The maximum absolute atomic E-state index is 11.8. The molecule has 0 amide bonds. The number of rotatable bonds is 0. The predicted octanol–water partition coefficient (Wildman–Crippen LogP) is 3.20. The Morgan fingerprint density at radius 3 is 2.33 bits per heavy atom. The molecule has 74 valence electrons. The van der Waals surface area contributed by atoms with Gasteiger partial charge in [-0.2, -0.15) is 0 Å². The molecule has 0 radical (unpaired) electrons. The molecule has 3 rings (SSSR count). The summed E-state index contributed by atoms with van der Waals surface area (Å²) in [6, 6.07) is 8.23. The number of carbonyl (C=O) groups is 1. The molecule has 0 N–H and O–H groups in total. The van der Waals surface area contributed by atoms with Crippen LogP contribution < -0.4 is 0 Å². The average Bonchev–Trinajstić information content (AvgIpc) is 2.52. The third-order valence-electron chi connectivity index (χ3n) is 3.32. The van der Waals surface area contributed by atoms with Crippen molar-refractivity contribution in [1.82, 2.24) is 0 Å². The normalized spacial score (nSPS) is 13.9. The number of hydrogen-bond donors (Lipinski definition) is 0. The van der Waals surface area contributed by atoms with Crippen LogP contribution in [0.2, 0.25) is 0 Å². The highest BCUT2D eigenvalue weighted by atomic mass is 16.1. The highest BCUT2D eigenvalue weighted by Gasteiger charge is 2.22. The number of carbonyl (C=O) groups excluding carboxylic acids is 1. The summed E-state index contributed by atoms with van der Waals surface area (Å²) < 4.78 is 0. The van der Waals surface area contributed by atoms with Crippen molar-refractivity contribution in [2.75, 3.05) is 0 Å². The van der Waals surface area contributed by atoms with E-state index in [1.807, 2.05) is 6.07 Å². The molecule has 0 atom stereocenters. The van der Waals surface area contributed by atoms with Crippen molar-refractivity contribution in [1.29, 1.82) is 0 Å². The van der Waals surface area contributed by atoms with Gasteiger partial charge in [0.15, 0.2) is 5.78 Å². The van der Waals surface area contributed by atoms with Gasteiger partial charge < -0.3 is 0 Å². The highest BCUT2D eigenvalue weighted by molar-refractivity contribution is 6.16. The zero-order chi connectivity index (χ0) is 10.6. The van der Waals surface area contributed by atoms with E-state index in [2.05, 4.69) is 32.0 Å². The van der Waals surface area contributed by atoms with Crippen LogP contribution in [-0.2, 0) is 6.42 Å². The first kappa shape index (κ1) is 8.66. The Labute approximate surface area is 88.7 Å².